The van der Waals surface area contributed by atoms with Crippen molar-refractivity contribution in [1.29, 1.82) is 0 Å². The van der Waals surface area contributed by atoms with Gasteiger partial charge < -0.3 is 14.4 Å². The van der Waals surface area contributed by atoms with E-state index in [-0.39, 0.29) is 6.04 Å². The van der Waals surface area contributed by atoms with Crippen molar-refractivity contribution < 1.29 is 14.3 Å². The molecule has 1 aromatic carbocycles. The van der Waals surface area contributed by atoms with Crippen LogP contribution < -0.4 is 4.90 Å². The summed E-state index contributed by atoms with van der Waals surface area (Å²) in [5.41, 5.74) is 1.56. The first kappa shape index (κ1) is 21.0. The highest BCUT2D eigenvalue weighted by Gasteiger charge is 2.23. The van der Waals surface area contributed by atoms with Crippen molar-refractivity contribution in [2.24, 2.45) is 0 Å². The molecule has 1 aromatic heterocycles. The summed E-state index contributed by atoms with van der Waals surface area (Å²) < 4.78 is 10.4. The number of carbonyl (C=O) groups is 1. The first-order valence-corrected chi connectivity index (χ1v) is 9.91. The topological polar surface area (TPSA) is 67.8 Å². The molecule has 1 fully saturated rings. The number of piperazine rings is 1. The average molecular weight is 396 g/mol. The van der Waals surface area contributed by atoms with Crippen molar-refractivity contribution in [3.8, 4) is 0 Å². The smallest absolute Gasteiger partial charge is 0.341 e. The number of nitrogens with zero attached hydrogens (tertiary/aromatic N) is 4. The molecule has 1 saturated heterocycles. The van der Waals surface area contributed by atoms with Crippen LogP contribution in [0.3, 0.4) is 0 Å². The third-order valence-corrected chi connectivity index (χ3v) is 4.86. The van der Waals surface area contributed by atoms with E-state index >= 15 is 0 Å². The minimum Gasteiger partial charge on any atom is -0.462 e. The molecule has 1 aliphatic heterocycles. The van der Waals surface area contributed by atoms with Crippen molar-refractivity contribution in [3.63, 3.8) is 0 Å². The van der Waals surface area contributed by atoms with Gasteiger partial charge in [-0.2, -0.15) is 0 Å². The number of carbonyl (C=O) groups excluding carboxylic acids is 1. The fourth-order valence-electron chi connectivity index (χ4n) is 3.30. The zero-order valence-corrected chi connectivity index (χ0v) is 17.0. The molecule has 1 atom stereocenters. The Morgan fingerprint density at radius 2 is 1.83 bits per heavy atom. The number of aromatic nitrogens is 2. The number of methoxy groups -OCH3 is 1. The van der Waals surface area contributed by atoms with Gasteiger partial charge in [0.25, 0.3) is 0 Å². The first-order chi connectivity index (χ1) is 14.2. The second-order valence-electron chi connectivity index (χ2n) is 6.81. The lowest BCUT2D eigenvalue weighted by molar-refractivity contribution is 0.0525. The summed E-state index contributed by atoms with van der Waals surface area (Å²) in [6.07, 6.45) is 7.42. The Hall–Kier alpha value is -2.77. The van der Waals surface area contributed by atoms with Crippen molar-refractivity contribution in [3.05, 3.63) is 59.9 Å². The van der Waals surface area contributed by atoms with Gasteiger partial charge in [-0.25, -0.2) is 14.8 Å². The Labute approximate surface area is 172 Å². The Kier molecular flexibility index (Phi) is 7.72. The molecule has 0 spiro atoms. The van der Waals surface area contributed by atoms with Gasteiger partial charge in [0.05, 0.1) is 24.8 Å². The van der Waals surface area contributed by atoms with E-state index in [0.717, 1.165) is 26.2 Å². The molecule has 0 radical (unpaired) electrons. The lowest BCUT2D eigenvalue weighted by Crippen LogP contribution is -2.51. The standard InChI is InChI=1S/C22H28N4O3/c1-3-29-21(27)19-15-23-22(24-16-19)26-13-11-25(12-14-26)20(17-28-2)10-9-18-7-5-4-6-8-18/h4-10,15-16,20H,3,11-14,17H2,1-2H3/b10-9+/t20-/m0/s1. The predicted molar refractivity (Wildman–Crippen MR) is 113 cm³/mol. The van der Waals surface area contributed by atoms with Gasteiger partial charge in [0.15, 0.2) is 0 Å². The monoisotopic (exact) mass is 396 g/mol. The Morgan fingerprint density at radius 1 is 1.14 bits per heavy atom. The Balaban J connectivity index is 1.58. The Morgan fingerprint density at radius 3 is 2.45 bits per heavy atom. The molecule has 0 unspecified atom stereocenters. The Bertz CT molecular complexity index is 787. The van der Waals surface area contributed by atoms with Crippen LogP contribution >= 0.6 is 0 Å². The molecule has 3 rings (SSSR count). The van der Waals surface area contributed by atoms with Gasteiger partial charge >= 0.3 is 5.97 Å². The van der Waals surface area contributed by atoms with Gasteiger partial charge in [0.2, 0.25) is 5.95 Å². The fourth-order valence-corrected chi connectivity index (χ4v) is 3.30. The largest absolute Gasteiger partial charge is 0.462 e. The van der Waals surface area contributed by atoms with E-state index in [4.69, 9.17) is 9.47 Å². The van der Waals surface area contributed by atoms with Crippen LogP contribution in [0.15, 0.2) is 48.8 Å². The lowest BCUT2D eigenvalue weighted by atomic mass is 10.1. The summed E-state index contributed by atoms with van der Waals surface area (Å²) in [7, 11) is 1.73. The van der Waals surface area contributed by atoms with Crippen LogP contribution in [-0.4, -0.2) is 73.4 Å². The van der Waals surface area contributed by atoms with Crippen molar-refractivity contribution in [1.82, 2.24) is 14.9 Å². The minimum absolute atomic E-state index is 0.217. The molecule has 0 N–H and O–H groups in total. The summed E-state index contributed by atoms with van der Waals surface area (Å²) in [4.78, 5) is 25.0. The van der Waals surface area contributed by atoms with Gasteiger partial charge in [0, 0.05) is 45.7 Å². The predicted octanol–water partition coefficient (Wildman–Crippen LogP) is 2.50. The zero-order chi connectivity index (χ0) is 20.5. The molecule has 0 aliphatic carbocycles. The van der Waals surface area contributed by atoms with Crippen LogP contribution in [0.5, 0.6) is 0 Å². The lowest BCUT2D eigenvalue weighted by Gasteiger charge is -2.38. The van der Waals surface area contributed by atoms with Crippen molar-refractivity contribution in [2.75, 3.05) is 51.4 Å². The molecule has 2 heterocycles. The normalized spacial score (nSPS) is 16.1. The van der Waals surface area contributed by atoms with Gasteiger partial charge in [-0.15, -0.1) is 0 Å². The van der Waals surface area contributed by atoms with E-state index in [1.807, 2.05) is 18.2 Å². The van der Waals surface area contributed by atoms with Crippen molar-refractivity contribution >= 4 is 18.0 Å². The van der Waals surface area contributed by atoms with E-state index in [1.54, 1.807) is 14.0 Å². The van der Waals surface area contributed by atoms with Crippen LogP contribution in [0.2, 0.25) is 0 Å². The molecule has 0 amide bonds. The number of hydrogen-bond acceptors (Lipinski definition) is 7. The highest BCUT2D eigenvalue weighted by atomic mass is 16.5. The van der Waals surface area contributed by atoms with E-state index < -0.39 is 5.97 Å². The van der Waals surface area contributed by atoms with E-state index in [2.05, 4.69) is 44.1 Å². The third kappa shape index (κ3) is 5.85. The van der Waals surface area contributed by atoms with Crippen molar-refractivity contribution in [2.45, 2.75) is 13.0 Å². The van der Waals surface area contributed by atoms with Crippen LogP contribution in [0.25, 0.3) is 6.08 Å². The molecule has 7 heteroatoms. The summed E-state index contributed by atoms with van der Waals surface area (Å²) >= 11 is 0. The highest BCUT2D eigenvalue weighted by molar-refractivity contribution is 5.88. The molecular formula is C22H28N4O3. The molecule has 154 valence electrons. The maximum Gasteiger partial charge on any atom is 0.341 e. The van der Waals surface area contributed by atoms with Gasteiger partial charge in [0.1, 0.15) is 0 Å². The van der Waals surface area contributed by atoms with Crippen LogP contribution in [0.1, 0.15) is 22.8 Å². The fraction of sp³-hybridized carbons (Fsp3) is 0.409. The first-order valence-electron chi connectivity index (χ1n) is 9.91. The molecule has 29 heavy (non-hydrogen) atoms. The maximum absolute atomic E-state index is 11.7. The minimum atomic E-state index is -0.392. The van der Waals surface area contributed by atoms with E-state index in [9.17, 15) is 4.79 Å². The molecule has 0 bridgehead atoms. The molecule has 2 aromatic rings. The third-order valence-electron chi connectivity index (χ3n) is 4.86. The second kappa shape index (κ2) is 10.7. The summed E-state index contributed by atoms with van der Waals surface area (Å²) in [6, 6.07) is 10.5. The zero-order valence-electron chi connectivity index (χ0n) is 17.0. The van der Waals surface area contributed by atoms with Gasteiger partial charge in [-0.1, -0.05) is 42.5 Å². The van der Waals surface area contributed by atoms with Crippen LogP contribution in [0.4, 0.5) is 5.95 Å². The molecular weight excluding hydrogens is 368 g/mol. The van der Waals surface area contributed by atoms with Crippen LogP contribution in [0, 0.1) is 0 Å². The maximum atomic E-state index is 11.7. The van der Waals surface area contributed by atoms with Gasteiger partial charge in [-0.3, -0.25) is 4.90 Å². The average Bonchev–Trinajstić information content (AvgIpc) is 2.78. The summed E-state index contributed by atoms with van der Waals surface area (Å²) in [6.45, 7) is 6.17. The second-order valence-corrected chi connectivity index (χ2v) is 6.81. The van der Waals surface area contributed by atoms with E-state index in [1.165, 1.54) is 18.0 Å². The highest BCUT2D eigenvalue weighted by Crippen LogP contribution is 2.15. The number of esters is 1. The summed E-state index contributed by atoms with van der Waals surface area (Å²) in [5.74, 6) is 0.247. The molecule has 0 saturated carbocycles. The number of ether oxygens (including phenoxy) is 2. The van der Waals surface area contributed by atoms with E-state index in [0.29, 0.717) is 24.7 Å². The number of rotatable bonds is 8. The SMILES string of the molecule is CCOC(=O)c1cnc(N2CCN([C@@H](/C=C/c3ccccc3)COC)CC2)nc1. The quantitative estimate of drug-likeness (QED) is 0.635. The molecule has 7 nitrogen and oxygen atoms in total. The van der Waals surface area contributed by atoms with Gasteiger partial charge in [-0.05, 0) is 12.5 Å². The number of hydrogen-bond donors (Lipinski definition) is 0. The number of benzene rings is 1. The molecule has 1 aliphatic rings. The number of anilines is 1. The summed E-state index contributed by atoms with van der Waals surface area (Å²) in [5, 5.41) is 0. The van der Waals surface area contributed by atoms with Crippen LogP contribution in [-0.2, 0) is 9.47 Å².